The lowest BCUT2D eigenvalue weighted by atomic mass is 10.1. The molecule has 0 saturated carbocycles. The van der Waals surface area contributed by atoms with Crippen LogP contribution in [0.2, 0.25) is 0 Å². The van der Waals surface area contributed by atoms with Crippen LogP contribution in [-0.4, -0.2) is 0 Å². The maximum absolute atomic E-state index is 2.17. The third kappa shape index (κ3) is 17.2. The summed E-state index contributed by atoms with van der Waals surface area (Å²) in [7, 11) is 0. The molecular formula is C37H44. The lowest BCUT2D eigenvalue weighted by molar-refractivity contribution is 1.34. The minimum absolute atomic E-state index is 1.32. The lowest BCUT2D eigenvalue weighted by Crippen LogP contribution is -1.74. The van der Waals surface area contributed by atoms with Gasteiger partial charge in [-0.05, 0) is 59.6 Å². The summed E-state index contributed by atoms with van der Waals surface area (Å²) in [4.78, 5) is 0. The highest BCUT2D eigenvalue weighted by Crippen LogP contribution is 2.03. The first-order valence-corrected chi connectivity index (χ1v) is 12.9. The maximum Gasteiger partial charge on any atom is -0.0395 e. The van der Waals surface area contributed by atoms with E-state index in [0.717, 1.165) is 0 Å². The first kappa shape index (κ1) is 31.1. The molecule has 0 N–H and O–H groups in total. The van der Waals surface area contributed by atoms with Crippen molar-refractivity contribution in [3.63, 3.8) is 0 Å². The van der Waals surface area contributed by atoms with E-state index in [4.69, 9.17) is 0 Å². The fourth-order valence-corrected chi connectivity index (χ4v) is 3.03. The van der Waals surface area contributed by atoms with Gasteiger partial charge in [-0.25, -0.2) is 0 Å². The van der Waals surface area contributed by atoms with Crippen LogP contribution in [0.1, 0.15) is 38.9 Å². The van der Waals surface area contributed by atoms with Crippen LogP contribution in [0.25, 0.3) is 0 Å². The third-order valence-electron chi connectivity index (χ3n) is 5.42. The zero-order valence-electron chi connectivity index (χ0n) is 23.8. The fourth-order valence-electron chi connectivity index (χ4n) is 3.03. The van der Waals surface area contributed by atoms with Gasteiger partial charge in [0.2, 0.25) is 0 Å². The van der Waals surface area contributed by atoms with Crippen molar-refractivity contribution >= 4 is 0 Å². The second-order valence-electron chi connectivity index (χ2n) is 9.21. The number of hydrogen-bond donors (Lipinski definition) is 0. The molecule has 0 fully saturated rings. The zero-order valence-corrected chi connectivity index (χ0v) is 23.8. The summed E-state index contributed by atoms with van der Waals surface area (Å²) < 4.78 is 0. The smallest absolute Gasteiger partial charge is 0.0395 e. The highest BCUT2D eigenvalue weighted by Gasteiger charge is 1.84. The van der Waals surface area contributed by atoms with E-state index >= 15 is 0 Å². The number of rotatable bonds is 0. The molecule has 0 radical (unpaired) electrons. The molecule has 0 aromatic heterocycles. The molecule has 0 bridgehead atoms. The molecule has 0 saturated heterocycles. The Bertz CT molecular complexity index is 1120. The van der Waals surface area contributed by atoms with Crippen molar-refractivity contribution in [1.29, 1.82) is 0 Å². The van der Waals surface area contributed by atoms with Gasteiger partial charge in [-0.3, -0.25) is 0 Å². The highest BCUT2D eigenvalue weighted by atomic mass is 13.9. The van der Waals surface area contributed by atoms with Crippen molar-refractivity contribution < 1.29 is 0 Å². The minimum atomic E-state index is 1.32. The van der Waals surface area contributed by atoms with E-state index in [9.17, 15) is 0 Å². The molecule has 5 rings (SSSR count). The van der Waals surface area contributed by atoms with Crippen molar-refractivity contribution in [3.05, 3.63) is 178 Å². The Kier molecular flexibility index (Phi) is 16.2. The van der Waals surface area contributed by atoms with Crippen LogP contribution in [-0.2, 0) is 0 Å². The summed E-state index contributed by atoms with van der Waals surface area (Å²) >= 11 is 0. The standard InChI is InChI=1S/3C8H10.C7H8.C6H6/c1-7-3-5-8(2)6-4-7;1-7-4-3-5-8(2)6-7;1-7-5-3-4-6-8(7)2;1-7-5-3-2-4-6-7;1-2-4-6-5-3-1/h3*3-6H,1-2H3;2-6H,1H3;1-6H. The Morgan fingerprint density at radius 1 is 0.243 bits per heavy atom. The van der Waals surface area contributed by atoms with E-state index in [-0.39, 0.29) is 0 Å². The van der Waals surface area contributed by atoms with Gasteiger partial charge in [0.15, 0.2) is 0 Å². The second-order valence-corrected chi connectivity index (χ2v) is 9.21. The molecule has 0 aliphatic heterocycles. The molecular weight excluding hydrogens is 444 g/mol. The predicted octanol–water partition coefficient (Wildman–Crippen LogP) is 10.6. The van der Waals surface area contributed by atoms with Crippen molar-refractivity contribution in [3.8, 4) is 0 Å². The quantitative estimate of drug-likeness (QED) is 0.203. The van der Waals surface area contributed by atoms with Gasteiger partial charge in [-0.2, -0.15) is 0 Å². The predicted molar refractivity (Wildman–Crippen MR) is 165 cm³/mol. The van der Waals surface area contributed by atoms with E-state index in [2.05, 4.69) is 133 Å². The first-order chi connectivity index (χ1) is 17.8. The normalized spacial score (nSPS) is 8.95. The fraction of sp³-hybridized carbons (Fsp3) is 0.189. The van der Waals surface area contributed by atoms with Crippen molar-refractivity contribution in [2.45, 2.75) is 48.5 Å². The minimum Gasteiger partial charge on any atom is -0.0623 e. The topological polar surface area (TPSA) is 0 Å². The average molecular weight is 489 g/mol. The third-order valence-corrected chi connectivity index (χ3v) is 5.42. The molecule has 37 heavy (non-hydrogen) atoms. The Morgan fingerprint density at radius 3 is 0.757 bits per heavy atom. The van der Waals surface area contributed by atoms with Crippen LogP contribution >= 0.6 is 0 Å². The molecule has 0 amide bonds. The molecule has 0 atom stereocenters. The van der Waals surface area contributed by atoms with Crippen LogP contribution in [0.15, 0.2) is 140 Å². The molecule has 0 aliphatic carbocycles. The van der Waals surface area contributed by atoms with Gasteiger partial charge in [-0.1, -0.05) is 167 Å². The summed E-state index contributed by atoms with van der Waals surface area (Å²) in [6, 6.07) is 47.5. The summed E-state index contributed by atoms with van der Waals surface area (Å²) in [6.45, 7) is 14.7. The van der Waals surface area contributed by atoms with E-state index in [1.54, 1.807) is 0 Å². The van der Waals surface area contributed by atoms with Gasteiger partial charge < -0.3 is 0 Å². The number of aryl methyl sites for hydroxylation is 7. The molecule has 0 nitrogen and oxygen atoms in total. The van der Waals surface area contributed by atoms with Gasteiger partial charge in [-0.15, -0.1) is 0 Å². The van der Waals surface area contributed by atoms with E-state index in [1.165, 1.54) is 38.9 Å². The molecule has 5 aromatic rings. The van der Waals surface area contributed by atoms with Gasteiger partial charge in [0.05, 0.1) is 0 Å². The summed E-state index contributed by atoms with van der Waals surface area (Å²) in [5.41, 5.74) is 9.39. The SMILES string of the molecule is Cc1ccc(C)cc1.Cc1cccc(C)c1.Cc1ccccc1.Cc1ccccc1C.c1ccccc1. The Hall–Kier alpha value is -3.90. The average Bonchev–Trinajstić information content (AvgIpc) is 2.90. The second kappa shape index (κ2) is 19.3. The maximum atomic E-state index is 2.17. The molecule has 0 aliphatic rings. The molecule has 0 heteroatoms. The Morgan fingerprint density at radius 2 is 0.514 bits per heavy atom. The Balaban J connectivity index is 0.000000232. The summed E-state index contributed by atoms with van der Waals surface area (Å²) in [5, 5.41) is 0. The zero-order chi connectivity index (χ0) is 27.3. The monoisotopic (exact) mass is 488 g/mol. The lowest BCUT2D eigenvalue weighted by Gasteiger charge is -1.93. The van der Waals surface area contributed by atoms with E-state index < -0.39 is 0 Å². The number of hydrogen-bond acceptors (Lipinski definition) is 0. The van der Waals surface area contributed by atoms with Gasteiger partial charge in [0, 0.05) is 0 Å². The van der Waals surface area contributed by atoms with Gasteiger partial charge in [0.1, 0.15) is 0 Å². The van der Waals surface area contributed by atoms with Gasteiger partial charge >= 0.3 is 0 Å². The summed E-state index contributed by atoms with van der Waals surface area (Å²) in [5.74, 6) is 0. The van der Waals surface area contributed by atoms with Crippen LogP contribution in [0.3, 0.4) is 0 Å². The van der Waals surface area contributed by atoms with Crippen LogP contribution in [0.4, 0.5) is 0 Å². The largest absolute Gasteiger partial charge is 0.0623 e. The van der Waals surface area contributed by atoms with E-state index in [0.29, 0.717) is 0 Å². The summed E-state index contributed by atoms with van der Waals surface area (Å²) in [6.07, 6.45) is 0. The first-order valence-electron chi connectivity index (χ1n) is 12.9. The molecule has 5 aromatic carbocycles. The van der Waals surface area contributed by atoms with Crippen LogP contribution < -0.4 is 0 Å². The molecule has 0 heterocycles. The molecule has 0 unspecified atom stereocenters. The van der Waals surface area contributed by atoms with Crippen molar-refractivity contribution in [2.24, 2.45) is 0 Å². The van der Waals surface area contributed by atoms with Crippen molar-refractivity contribution in [2.75, 3.05) is 0 Å². The highest BCUT2D eigenvalue weighted by molar-refractivity contribution is 5.23. The van der Waals surface area contributed by atoms with E-state index in [1.807, 2.05) is 54.6 Å². The molecule has 0 spiro atoms. The van der Waals surface area contributed by atoms with Crippen LogP contribution in [0.5, 0.6) is 0 Å². The van der Waals surface area contributed by atoms with Gasteiger partial charge in [0.25, 0.3) is 0 Å². The molecule has 192 valence electrons. The number of benzene rings is 5. The van der Waals surface area contributed by atoms with Crippen LogP contribution in [0, 0.1) is 48.5 Å². The van der Waals surface area contributed by atoms with Crippen molar-refractivity contribution in [1.82, 2.24) is 0 Å². The Labute approximate surface area is 226 Å².